The van der Waals surface area contributed by atoms with E-state index in [1.807, 2.05) is 66.7 Å². The van der Waals surface area contributed by atoms with Crippen LogP contribution in [-0.2, 0) is 19.4 Å². The first-order valence-corrected chi connectivity index (χ1v) is 9.77. The third-order valence-electron chi connectivity index (χ3n) is 4.88. The molecule has 4 rings (SSSR count). The van der Waals surface area contributed by atoms with Crippen LogP contribution in [0, 0.1) is 0 Å². The minimum absolute atomic E-state index is 0.0476. The van der Waals surface area contributed by atoms with E-state index in [2.05, 4.69) is 22.8 Å². The van der Waals surface area contributed by atoms with Gasteiger partial charge in [-0.3, -0.25) is 0 Å². The first-order valence-electron chi connectivity index (χ1n) is 9.77. The minimum Gasteiger partial charge on any atom is -0.454 e. The number of ether oxygens (including phenoxy) is 2. The van der Waals surface area contributed by atoms with E-state index in [4.69, 9.17) is 9.47 Å². The van der Waals surface area contributed by atoms with Crippen LogP contribution in [0.25, 0.3) is 0 Å². The number of hydrogen-bond acceptors (Lipinski definition) is 3. The molecule has 1 atom stereocenters. The summed E-state index contributed by atoms with van der Waals surface area (Å²) in [7, 11) is 0. The Bertz CT molecular complexity index is 945. The standard InChI is InChI=1S/C24H24N2O3/c27-24(25-16-19-9-5-2-6-10-19)26-21(13-18-7-3-1-4-8-18)14-20-11-12-22-23(15-20)29-17-28-22/h1-12,15,21H,13-14,16-17H2,(H2,25,26,27). The first-order chi connectivity index (χ1) is 14.3. The van der Waals surface area contributed by atoms with Crippen LogP contribution in [0.4, 0.5) is 4.79 Å². The van der Waals surface area contributed by atoms with E-state index in [0.29, 0.717) is 13.0 Å². The van der Waals surface area contributed by atoms with Gasteiger partial charge in [-0.1, -0.05) is 66.7 Å². The second-order valence-electron chi connectivity index (χ2n) is 7.09. The van der Waals surface area contributed by atoms with Gasteiger partial charge in [-0.05, 0) is 41.7 Å². The average Bonchev–Trinajstić information content (AvgIpc) is 3.22. The molecule has 0 saturated carbocycles. The topological polar surface area (TPSA) is 59.6 Å². The number of benzene rings is 3. The second-order valence-corrected chi connectivity index (χ2v) is 7.09. The van der Waals surface area contributed by atoms with E-state index in [1.165, 1.54) is 5.56 Å². The summed E-state index contributed by atoms with van der Waals surface area (Å²) in [6, 6.07) is 25.8. The van der Waals surface area contributed by atoms with Crippen LogP contribution < -0.4 is 20.1 Å². The van der Waals surface area contributed by atoms with Crippen molar-refractivity contribution < 1.29 is 14.3 Å². The molecule has 2 amide bonds. The quantitative estimate of drug-likeness (QED) is 0.641. The number of fused-ring (bicyclic) bond motifs is 1. The Kier molecular flexibility index (Phi) is 5.95. The van der Waals surface area contributed by atoms with Gasteiger partial charge < -0.3 is 20.1 Å². The lowest BCUT2D eigenvalue weighted by Crippen LogP contribution is -2.43. The van der Waals surface area contributed by atoms with Gasteiger partial charge in [0.2, 0.25) is 6.79 Å². The SMILES string of the molecule is O=C(NCc1ccccc1)NC(Cc1ccccc1)Cc1ccc2c(c1)OCO2. The number of rotatable bonds is 7. The smallest absolute Gasteiger partial charge is 0.315 e. The molecule has 1 aliphatic heterocycles. The third kappa shape index (κ3) is 5.29. The van der Waals surface area contributed by atoms with E-state index in [1.54, 1.807) is 0 Å². The maximum Gasteiger partial charge on any atom is 0.315 e. The van der Waals surface area contributed by atoms with Crippen molar-refractivity contribution in [3.05, 3.63) is 95.6 Å². The molecular weight excluding hydrogens is 364 g/mol. The van der Waals surface area contributed by atoms with Gasteiger partial charge in [0.1, 0.15) is 0 Å². The molecule has 3 aromatic carbocycles. The Labute approximate surface area is 170 Å². The molecule has 3 aromatic rings. The number of amides is 2. The van der Waals surface area contributed by atoms with Crippen LogP contribution >= 0.6 is 0 Å². The average molecular weight is 388 g/mol. The van der Waals surface area contributed by atoms with Gasteiger partial charge in [0.05, 0.1) is 0 Å². The predicted molar refractivity (Wildman–Crippen MR) is 112 cm³/mol. The summed E-state index contributed by atoms with van der Waals surface area (Å²) in [4.78, 5) is 12.5. The minimum atomic E-state index is -0.171. The zero-order valence-electron chi connectivity index (χ0n) is 16.1. The molecule has 1 aliphatic rings. The van der Waals surface area contributed by atoms with E-state index < -0.39 is 0 Å². The lowest BCUT2D eigenvalue weighted by Gasteiger charge is -2.20. The Hall–Kier alpha value is -3.47. The lowest BCUT2D eigenvalue weighted by molar-refractivity contribution is 0.174. The van der Waals surface area contributed by atoms with Gasteiger partial charge in [0.25, 0.3) is 0 Å². The van der Waals surface area contributed by atoms with Crippen molar-refractivity contribution in [2.75, 3.05) is 6.79 Å². The molecule has 1 heterocycles. The monoisotopic (exact) mass is 388 g/mol. The summed E-state index contributed by atoms with van der Waals surface area (Å²) >= 11 is 0. The van der Waals surface area contributed by atoms with E-state index in [0.717, 1.165) is 29.0 Å². The Morgan fingerprint density at radius 3 is 2.21 bits per heavy atom. The fourth-order valence-corrected chi connectivity index (χ4v) is 3.44. The number of urea groups is 1. The molecule has 1 unspecified atom stereocenters. The van der Waals surface area contributed by atoms with Crippen LogP contribution in [0.5, 0.6) is 11.5 Å². The van der Waals surface area contributed by atoms with Crippen molar-refractivity contribution in [3.8, 4) is 11.5 Å². The normalized spacial score (nSPS) is 13.0. The zero-order chi connectivity index (χ0) is 19.9. The summed E-state index contributed by atoms with van der Waals surface area (Å²) in [5.41, 5.74) is 3.35. The number of nitrogens with one attached hydrogen (secondary N) is 2. The molecule has 0 radical (unpaired) electrons. The fourth-order valence-electron chi connectivity index (χ4n) is 3.44. The highest BCUT2D eigenvalue weighted by Gasteiger charge is 2.17. The van der Waals surface area contributed by atoms with Crippen molar-refractivity contribution in [1.29, 1.82) is 0 Å². The van der Waals surface area contributed by atoms with Crippen LogP contribution in [0.1, 0.15) is 16.7 Å². The molecular formula is C24H24N2O3. The molecule has 0 fully saturated rings. The molecule has 2 N–H and O–H groups in total. The summed E-state index contributed by atoms with van der Waals surface area (Å²) in [5, 5.41) is 6.08. The van der Waals surface area contributed by atoms with Gasteiger partial charge in [-0.15, -0.1) is 0 Å². The highest BCUT2D eigenvalue weighted by molar-refractivity contribution is 5.74. The largest absolute Gasteiger partial charge is 0.454 e. The molecule has 0 bridgehead atoms. The number of hydrogen-bond donors (Lipinski definition) is 2. The zero-order valence-corrected chi connectivity index (χ0v) is 16.1. The number of carbonyl (C=O) groups is 1. The summed E-state index contributed by atoms with van der Waals surface area (Å²) in [6.07, 6.45) is 1.44. The van der Waals surface area contributed by atoms with Gasteiger partial charge in [0.15, 0.2) is 11.5 Å². The van der Waals surface area contributed by atoms with Crippen LogP contribution in [0.15, 0.2) is 78.9 Å². The fraction of sp³-hybridized carbons (Fsp3) is 0.208. The Balaban J connectivity index is 1.42. The van der Waals surface area contributed by atoms with Crippen LogP contribution in [0.2, 0.25) is 0 Å². The van der Waals surface area contributed by atoms with Crippen molar-refractivity contribution in [2.45, 2.75) is 25.4 Å². The molecule has 0 aromatic heterocycles. The summed E-state index contributed by atoms with van der Waals surface area (Å²) < 4.78 is 10.9. The Morgan fingerprint density at radius 1 is 0.793 bits per heavy atom. The maximum absolute atomic E-state index is 12.5. The van der Waals surface area contributed by atoms with Crippen molar-refractivity contribution >= 4 is 6.03 Å². The molecule has 29 heavy (non-hydrogen) atoms. The summed E-state index contributed by atoms with van der Waals surface area (Å²) in [5.74, 6) is 1.52. The molecule has 148 valence electrons. The van der Waals surface area contributed by atoms with Crippen LogP contribution in [-0.4, -0.2) is 18.9 Å². The van der Waals surface area contributed by atoms with Gasteiger partial charge >= 0.3 is 6.03 Å². The van der Waals surface area contributed by atoms with E-state index >= 15 is 0 Å². The highest BCUT2D eigenvalue weighted by Crippen LogP contribution is 2.32. The van der Waals surface area contributed by atoms with Gasteiger partial charge in [-0.25, -0.2) is 4.79 Å². The van der Waals surface area contributed by atoms with Crippen molar-refractivity contribution in [1.82, 2.24) is 10.6 Å². The second kappa shape index (κ2) is 9.15. The first kappa shape index (κ1) is 18.9. The summed E-state index contributed by atoms with van der Waals surface area (Å²) in [6.45, 7) is 0.751. The molecule has 5 nitrogen and oxygen atoms in total. The van der Waals surface area contributed by atoms with Gasteiger partial charge in [0, 0.05) is 12.6 Å². The van der Waals surface area contributed by atoms with E-state index in [9.17, 15) is 4.79 Å². The van der Waals surface area contributed by atoms with E-state index in [-0.39, 0.29) is 18.9 Å². The predicted octanol–water partition coefficient (Wildman–Crippen LogP) is 4.07. The molecule has 0 saturated heterocycles. The maximum atomic E-state index is 12.5. The Morgan fingerprint density at radius 2 is 1.45 bits per heavy atom. The van der Waals surface area contributed by atoms with Crippen LogP contribution in [0.3, 0.4) is 0 Å². The lowest BCUT2D eigenvalue weighted by atomic mass is 9.98. The molecule has 0 aliphatic carbocycles. The number of carbonyl (C=O) groups excluding carboxylic acids is 1. The highest BCUT2D eigenvalue weighted by atomic mass is 16.7. The van der Waals surface area contributed by atoms with Crippen molar-refractivity contribution in [2.24, 2.45) is 0 Å². The molecule has 0 spiro atoms. The molecule has 5 heteroatoms. The van der Waals surface area contributed by atoms with Crippen molar-refractivity contribution in [3.63, 3.8) is 0 Å². The van der Waals surface area contributed by atoms with Gasteiger partial charge in [-0.2, -0.15) is 0 Å². The third-order valence-corrected chi connectivity index (χ3v) is 4.88.